The Bertz CT molecular complexity index is 631. The first kappa shape index (κ1) is 19.4. The quantitative estimate of drug-likeness (QED) is 0.255. The van der Waals surface area contributed by atoms with Crippen molar-refractivity contribution in [2.24, 2.45) is 0 Å². The molecule has 2 aliphatic heterocycles. The fourth-order valence-electron chi connectivity index (χ4n) is 3.29. The molecule has 0 unspecified atom stereocenters. The predicted octanol–water partition coefficient (Wildman–Crippen LogP) is 1.37. The summed E-state index contributed by atoms with van der Waals surface area (Å²) in [6.07, 6.45) is 4.61. The fraction of sp³-hybridized carbons (Fsp3) is 0.556. The van der Waals surface area contributed by atoms with Crippen LogP contribution in [0, 0.1) is 5.21 Å². The molecule has 7 heteroatoms. The molecule has 7 nitrogen and oxygen atoms in total. The number of hydroxylamine groups is 3. The number of rotatable bonds is 6. The Morgan fingerprint density at radius 1 is 1.44 bits per heavy atom. The van der Waals surface area contributed by atoms with Crippen LogP contribution in [0.15, 0.2) is 34.9 Å². The monoisotopic (exact) mass is 351 g/mol. The van der Waals surface area contributed by atoms with Gasteiger partial charge in [-0.25, -0.2) is 9.59 Å². The van der Waals surface area contributed by atoms with Crippen molar-refractivity contribution in [2.45, 2.75) is 39.3 Å². The van der Waals surface area contributed by atoms with E-state index in [4.69, 9.17) is 14.6 Å². The van der Waals surface area contributed by atoms with Crippen LogP contribution in [0.5, 0.6) is 0 Å². The van der Waals surface area contributed by atoms with E-state index in [1.807, 2.05) is 0 Å². The van der Waals surface area contributed by atoms with Crippen LogP contribution in [0.25, 0.3) is 0 Å². The Balaban J connectivity index is 2.04. The predicted molar refractivity (Wildman–Crippen MR) is 91.0 cm³/mol. The van der Waals surface area contributed by atoms with E-state index in [0.29, 0.717) is 18.5 Å². The second-order valence-corrected chi connectivity index (χ2v) is 6.62. The van der Waals surface area contributed by atoms with Gasteiger partial charge in [0.25, 0.3) is 0 Å². The van der Waals surface area contributed by atoms with Crippen LogP contribution in [0.4, 0.5) is 0 Å². The third-order valence-corrected chi connectivity index (χ3v) is 4.52. The molecule has 0 saturated carbocycles. The van der Waals surface area contributed by atoms with Gasteiger partial charge in [0.05, 0.1) is 25.3 Å². The largest absolute Gasteiger partial charge is 0.632 e. The zero-order valence-electron chi connectivity index (χ0n) is 14.9. The topological polar surface area (TPSA) is 95.9 Å². The Morgan fingerprint density at radius 2 is 2.16 bits per heavy atom. The van der Waals surface area contributed by atoms with Gasteiger partial charge in [0.1, 0.15) is 6.61 Å². The average molecular weight is 351 g/mol. The van der Waals surface area contributed by atoms with E-state index < -0.39 is 35.3 Å². The van der Waals surface area contributed by atoms with Crippen molar-refractivity contribution in [1.29, 1.82) is 0 Å². The van der Waals surface area contributed by atoms with Crippen molar-refractivity contribution in [2.75, 3.05) is 26.3 Å². The normalized spacial score (nSPS) is 28.2. The van der Waals surface area contributed by atoms with Crippen molar-refractivity contribution in [3.05, 3.63) is 40.2 Å². The molecule has 0 bridgehead atoms. The zero-order valence-corrected chi connectivity index (χ0v) is 14.9. The van der Waals surface area contributed by atoms with E-state index in [1.165, 1.54) is 12.2 Å². The van der Waals surface area contributed by atoms with Crippen molar-refractivity contribution >= 4 is 11.9 Å². The zero-order chi connectivity index (χ0) is 18.6. The van der Waals surface area contributed by atoms with Crippen LogP contribution in [0.1, 0.15) is 27.2 Å². The number of ether oxygens (including phenoxy) is 2. The Kier molecular flexibility index (Phi) is 6.16. The number of nitrogens with zero attached hydrogens (tertiary/aromatic N) is 1. The van der Waals surface area contributed by atoms with Gasteiger partial charge in [-0.05, 0) is 26.8 Å². The van der Waals surface area contributed by atoms with Gasteiger partial charge in [-0.3, -0.25) is 0 Å². The first-order valence-corrected chi connectivity index (χ1v) is 8.36. The molecule has 0 aromatic carbocycles. The summed E-state index contributed by atoms with van der Waals surface area (Å²) in [5, 5.41) is 22.0. The molecular formula is C18H25NO6. The highest BCUT2D eigenvalue weighted by atomic mass is 16.6. The molecule has 3 atom stereocenters. The van der Waals surface area contributed by atoms with Crippen LogP contribution in [-0.4, -0.2) is 60.1 Å². The molecule has 1 N–H and O–H groups in total. The number of hydrogen-bond donors (Lipinski definition) is 1. The molecule has 0 radical (unpaired) electrons. The van der Waals surface area contributed by atoms with Crippen LogP contribution in [0.2, 0.25) is 0 Å². The second kappa shape index (κ2) is 7.95. The maximum absolute atomic E-state index is 12.9. The van der Waals surface area contributed by atoms with E-state index in [1.54, 1.807) is 26.8 Å². The van der Waals surface area contributed by atoms with Gasteiger partial charge in [0.15, 0.2) is 12.1 Å². The molecule has 1 saturated heterocycles. The number of fused-ring (bicyclic) bond motifs is 1. The molecule has 0 aromatic rings. The lowest BCUT2D eigenvalue weighted by molar-refractivity contribution is -0.877. The number of quaternary nitrogens is 1. The van der Waals surface area contributed by atoms with E-state index in [-0.39, 0.29) is 18.7 Å². The number of hydrogen-bond acceptors (Lipinski definition) is 6. The molecule has 2 rings (SSSR count). The lowest BCUT2D eigenvalue weighted by Crippen LogP contribution is -2.47. The second-order valence-electron chi connectivity index (χ2n) is 6.62. The Labute approximate surface area is 147 Å². The first-order chi connectivity index (χ1) is 11.8. The highest BCUT2D eigenvalue weighted by Gasteiger charge is 2.50. The molecule has 0 aliphatic carbocycles. The van der Waals surface area contributed by atoms with Crippen molar-refractivity contribution in [3.8, 4) is 0 Å². The summed E-state index contributed by atoms with van der Waals surface area (Å²) in [7, 11) is 0. The number of aliphatic hydroxyl groups excluding tert-OH is 1. The average Bonchev–Trinajstić information content (AvgIpc) is 3.02. The molecule has 138 valence electrons. The Hall–Kier alpha value is -1.96. The van der Waals surface area contributed by atoms with Crippen LogP contribution in [0.3, 0.4) is 0 Å². The summed E-state index contributed by atoms with van der Waals surface area (Å²) in [6, 6.07) is -0.537. The maximum atomic E-state index is 12.9. The minimum atomic E-state index is -0.613. The molecular weight excluding hydrogens is 326 g/mol. The van der Waals surface area contributed by atoms with Gasteiger partial charge in [-0.1, -0.05) is 11.6 Å². The summed E-state index contributed by atoms with van der Waals surface area (Å²) >= 11 is 0. The number of allylic oxidation sites excluding steroid dienone is 2. The van der Waals surface area contributed by atoms with Gasteiger partial charge in [0.2, 0.25) is 0 Å². The smallest absolute Gasteiger partial charge is 0.336 e. The number of carbonyl (C=O) groups excluding carboxylic acids is 2. The summed E-state index contributed by atoms with van der Waals surface area (Å²) in [6.45, 7) is 5.43. The lowest BCUT2D eigenvalue weighted by Gasteiger charge is -2.40. The summed E-state index contributed by atoms with van der Waals surface area (Å²) in [5.41, 5.74) is 1.66. The van der Waals surface area contributed by atoms with Crippen molar-refractivity contribution in [3.63, 3.8) is 0 Å². The number of esters is 2. The molecule has 0 spiro atoms. The van der Waals surface area contributed by atoms with Crippen LogP contribution >= 0.6 is 0 Å². The van der Waals surface area contributed by atoms with E-state index in [0.717, 1.165) is 5.57 Å². The van der Waals surface area contributed by atoms with Gasteiger partial charge < -0.3 is 24.4 Å². The summed E-state index contributed by atoms with van der Waals surface area (Å²) in [4.78, 5) is 23.8. The van der Waals surface area contributed by atoms with E-state index in [9.17, 15) is 14.8 Å². The third kappa shape index (κ3) is 4.36. The van der Waals surface area contributed by atoms with Crippen molar-refractivity contribution in [1.82, 2.24) is 0 Å². The van der Waals surface area contributed by atoms with Gasteiger partial charge in [0, 0.05) is 18.1 Å². The standard InChI is InChI=1S/C18H25NO6/c1-4-13(10-20)18(22)24-11-14-5-7-19(23)8-6-15(17(14)19)25-16(21)9-12(2)3/h4-5,9,15,17,20H,6-8,10-11H2,1-3H3/b13-4-/t15-,17-,19-/m1/s1. The first-order valence-electron chi connectivity index (χ1n) is 8.36. The fourth-order valence-corrected chi connectivity index (χ4v) is 3.29. The van der Waals surface area contributed by atoms with Crippen LogP contribution in [-0.2, 0) is 19.1 Å². The molecule has 1 fully saturated rings. The highest BCUT2D eigenvalue weighted by molar-refractivity contribution is 5.88. The molecule has 0 aromatic heterocycles. The van der Waals surface area contributed by atoms with Gasteiger partial charge in [-0.2, -0.15) is 0 Å². The molecule has 2 aliphatic rings. The SMILES string of the molecule is C/C=C(/CO)C(=O)OCC1=CC[N@@+]2([O-])CC[C@@H](OC(=O)C=C(C)C)[C@@H]12. The summed E-state index contributed by atoms with van der Waals surface area (Å²) in [5.74, 6) is -1.07. The number of aliphatic hydroxyl groups is 1. The maximum Gasteiger partial charge on any atom is 0.336 e. The Morgan fingerprint density at radius 3 is 2.76 bits per heavy atom. The van der Waals surface area contributed by atoms with E-state index in [2.05, 4.69) is 0 Å². The van der Waals surface area contributed by atoms with Crippen LogP contribution < -0.4 is 0 Å². The molecule has 2 heterocycles. The molecule has 0 amide bonds. The van der Waals surface area contributed by atoms with Crippen molar-refractivity contribution < 1.29 is 28.8 Å². The lowest BCUT2D eigenvalue weighted by atomic mass is 10.0. The third-order valence-electron chi connectivity index (χ3n) is 4.52. The summed E-state index contributed by atoms with van der Waals surface area (Å²) < 4.78 is 10.2. The highest BCUT2D eigenvalue weighted by Crippen LogP contribution is 2.37. The minimum Gasteiger partial charge on any atom is -0.632 e. The van der Waals surface area contributed by atoms with E-state index >= 15 is 0 Å². The van der Waals surface area contributed by atoms with Gasteiger partial charge in [-0.15, -0.1) is 0 Å². The number of carbonyl (C=O) groups is 2. The minimum absolute atomic E-state index is 0.0419. The van der Waals surface area contributed by atoms with Gasteiger partial charge >= 0.3 is 11.9 Å². The molecule has 25 heavy (non-hydrogen) atoms.